The summed E-state index contributed by atoms with van der Waals surface area (Å²) in [6, 6.07) is 7.76. The zero-order chi connectivity index (χ0) is 24.4. The Bertz CT molecular complexity index is 1020. The third-order valence-corrected chi connectivity index (χ3v) is 5.86. The molecule has 1 unspecified atom stereocenters. The van der Waals surface area contributed by atoms with Crippen molar-refractivity contribution in [2.75, 3.05) is 36.9 Å². The second-order valence-electron chi connectivity index (χ2n) is 8.55. The van der Waals surface area contributed by atoms with Crippen molar-refractivity contribution in [3.05, 3.63) is 40.2 Å². The minimum absolute atomic E-state index is 0.151. The molecular weight excluding hydrogens is 414 g/mol. The van der Waals surface area contributed by atoms with Crippen LogP contribution in [0.1, 0.15) is 52.5 Å². The van der Waals surface area contributed by atoms with Crippen molar-refractivity contribution in [1.82, 2.24) is 14.5 Å². The Labute approximate surface area is 198 Å². The second kappa shape index (κ2) is 12.9. The Morgan fingerprint density at radius 3 is 2.61 bits per heavy atom. The number of nitrogen functional groups attached to an aromatic ring is 1. The fraction of sp³-hybridized carbons (Fsp3) is 0.538. The van der Waals surface area contributed by atoms with Gasteiger partial charge in [0.15, 0.2) is 5.82 Å². The van der Waals surface area contributed by atoms with E-state index in [4.69, 9.17) is 10.5 Å². The van der Waals surface area contributed by atoms with Crippen LogP contribution >= 0.6 is 0 Å². The van der Waals surface area contributed by atoms with E-state index >= 15 is 0 Å². The minimum Gasteiger partial charge on any atom is -0.425 e. The summed E-state index contributed by atoms with van der Waals surface area (Å²) in [7, 11) is 1.66. The van der Waals surface area contributed by atoms with Crippen molar-refractivity contribution >= 4 is 11.5 Å². The van der Waals surface area contributed by atoms with Crippen LogP contribution in [0, 0.1) is 24.7 Å². The van der Waals surface area contributed by atoms with Gasteiger partial charge in [-0.2, -0.15) is 4.98 Å². The fourth-order valence-corrected chi connectivity index (χ4v) is 3.54. The van der Waals surface area contributed by atoms with Crippen molar-refractivity contribution in [3.8, 4) is 23.6 Å². The number of hydrogen-bond acceptors (Lipinski definition) is 6. The predicted octanol–water partition coefficient (Wildman–Crippen LogP) is 4.40. The van der Waals surface area contributed by atoms with Crippen LogP contribution in [0.5, 0.6) is 11.8 Å². The van der Waals surface area contributed by atoms with E-state index in [2.05, 4.69) is 42.5 Å². The summed E-state index contributed by atoms with van der Waals surface area (Å²) in [5, 5.41) is 0. The molecule has 7 nitrogen and oxygen atoms in total. The highest BCUT2D eigenvalue weighted by atomic mass is 16.5. The van der Waals surface area contributed by atoms with E-state index in [9.17, 15) is 4.79 Å². The zero-order valence-electron chi connectivity index (χ0n) is 21.0. The summed E-state index contributed by atoms with van der Waals surface area (Å²) in [6.07, 6.45) is 3.30. The molecule has 0 saturated carbocycles. The van der Waals surface area contributed by atoms with Gasteiger partial charge in [-0.25, -0.2) is 0 Å². The van der Waals surface area contributed by atoms with Crippen molar-refractivity contribution in [2.24, 2.45) is 13.0 Å². The third-order valence-electron chi connectivity index (χ3n) is 5.86. The maximum absolute atomic E-state index is 13.4. The highest BCUT2D eigenvalue weighted by Crippen LogP contribution is 2.25. The van der Waals surface area contributed by atoms with Crippen molar-refractivity contribution in [3.63, 3.8) is 0 Å². The summed E-state index contributed by atoms with van der Waals surface area (Å²) in [4.78, 5) is 22.1. The lowest BCUT2D eigenvalue weighted by Crippen LogP contribution is -2.43. The smallest absolute Gasteiger partial charge is 0.306 e. The van der Waals surface area contributed by atoms with Gasteiger partial charge in [-0.3, -0.25) is 14.3 Å². The molecule has 2 rings (SSSR count). The Morgan fingerprint density at radius 2 is 1.97 bits per heavy atom. The van der Waals surface area contributed by atoms with E-state index in [1.807, 2.05) is 36.1 Å². The maximum atomic E-state index is 13.4. The van der Waals surface area contributed by atoms with Crippen LogP contribution in [-0.4, -0.2) is 40.8 Å². The first-order chi connectivity index (χ1) is 15.8. The summed E-state index contributed by atoms with van der Waals surface area (Å²) < 4.78 is 7.34. The van der Waals surface area contributed by atoms with Crippen molar-refractivity contribution in [1.29, 1.82) is 0 Å². The number of hydrogen-bond donors (Lipinski definition) is 1. The van der Waals surface area contributed by atoms with Gasteiger partial charge >= 0.3 is 6.01 Å². The molecule has 180 valence electrons. The lowest BCUT2D eigenvalue weighted by molar-refractivity contribution is 0.254. The molecule has 0 radical (unpaired) electrons. The van der Waals surface area contributed by atoms with E-state index in [0.29, 0.717) is 30.6 Å². The van der Waals surface area contributed by atoms with Crippen molar-refractivity contribution < 1.29 is 4.74 Å². The van der Waals surface area contributed by atoms with Gasteiger partial charge in [0, 0.05) is 13.6 Å². The standard InChI is InChI=1S/C26H39N5O2/c1-7-10-17-31(19-30(16-8-2)18-15-20(4)9-3)23-24(27)28-26(29(6)25(23)32)33-22-14-12-11-13-21(22)5/h11-14,20H,8-9,15-19,27H2,1-6H3. The van der Waals surface area contributed by atoms with Gasteiger partial charge in [0.05, 0.1) is 13.2 Å². The molecule has 0 aliphatic carbocycles. The molecule has 0 fully saturated rings. The van der Waals surface area contributed by atoms with Gasteiger partial charge in [0.1, 0.15) is 11.4 Å². The average Bonchev–Trinajstić information content (AvgIpc) is 2.80. The van der Waals surface area contributed by atoms with Gasteiger partial charge in [0.25, 0.3) is 5.56 Å². The van der Waals surface area contributed by atoms with Crippen LogP contribution in [0.3, 0.4) is 0 Å². The first-order valence-corrected chi connectivity index (χ1v) is 11.8. The normalized spacial score (nSPS) is 11.7. The lowest BCUT2D eigenvalue weighted by atomic mass is 10.1. The van der Waals surface area contributed by atoms with Gasteiger partial charge in [0.2, 0.25) is 0 Å². The molecule has 2 N–H and O–H groups in total. The molecule has 0 aliphatic rings. The topological polar surface area (TPSA) is 76.6 Å². The molecule has 0 spiro atoms. The number of benzene rings is 1. The number of nitrogens with two attached hydrogens (primary N) is 1. The molecule has 0 aliphatic heterocycles. The lowest BCUT2D eigenvalue weighted by Gasteiger charge is -2.31. The molecule has 1 aromatic heterocycles. The average molecular weight is 454 g/mol. The SMILES string of the molecule is CC#CCN(CN(CCC)CCC(C)CC)c1c(N)nc(Oc2ccccc2C)n(C)c1=O. The molecule has 7 heteroatoms. The Kier molecular flexibility index (Phi) is 10.3. The molecule has 0 amide bonds. The highest BCUT2D eigenvalue weighted by Gasteiger charge is 2.22. The Morgan fingerprint density at radius 1 is 1.24 bits per heavy atom. The number of ether oxygens (including phenoxy) is 1. The summed E-state index contributed by atoms with van der Waals surface area (Å²) in [6.45, 7) is 13.3. The fourth-order valence-electron chi connectivity index (χ4n) is 3.54. The maximum Gasteiger partial charge on any atom is 0.306 e. The monoisotopic (exact) mass is 453 g/mol. The number of nitrogens with zero attached hydrogens (tertiary/aromatic N) is 4. The van der Waals surface area contributed by atoms with Gasteiger partial charge in [-0.15, -0.1) is 5.92 Å². The molecule has 1 atom stereocenters. The second-order valence-corrected chi connectivity index (χ2v) is 8.55. The van der Waals surface area contributed by atoms with Crippen LogP contribution in [0.2, 0.25) is 0 Å². The van der Waals surface area contributed by atoms with E-state index in [1.54, 1.807) is 14.0 Å². The Balaban J connectivity index is 2.38. The molecule has 33 heavy (non-hydrogen) atoms. The van der Waals surface area contributed by atoms with Crippen LogP contribution in [-0.2, 0) is 7.05 Å². The van der Waals surface area contributed by atoms with Crippen LogP contribution in [0.25, 0.3) is 0 Å². The van der Waals surface area contributed by atoms with Crippen molar-refractivity contribution in [2.45, 2.75) is 53.9 Å². The van der Waals surface area contributed by atoms with Crippen LogP contribution in [0.15, 0.2) is 29.1 Å². The number of aryl methyl sites for hydroxylation is 1. The molecule has 2 aromatic rings. The molecule has 1 heterocycles. The number of para-hydroxylation sites is 1. The molecular formula is C26H39N5O2. The van der Waals surface area contributed by atoms with Gasteiger partial charge in [-0.1, -0.05) is 51.3 Å². The van der Waals surface area contributed by atoms with E-state index in [1.165, 1.54) is 4.57 Å². The molecule has 1 aromatic carbocycles. The minimum atomic E-state index is -0.248. The van der Waals surface area contributed by atoms with E-state index < -0.39 is 0 Å². The number of aromatic nitrogens is 2. The zero-order valence-corrected chi connectivity index (χ0v) is 21.0. The molecule has 0 bridgehead atoms. The summed E-state index contributed by atoms with van der Waals surface area (Å²) >= 11 is 0. The summed E-state index contributed by atoms with van der Waals surface area (Å²) in [5.74, 6) is 7.47. The Hall–Kier alpha value is -2.98. The largest absolute Gasteiger partial charge is 0.425 e. The van der Waals surface area contributed by atoms with E-state index in [0.717, 1.165) is 37.9 Å². The van der Waals surface area contributed by atoms with Gasteiger partial charge < -0.3 is 15.4 Å². The number of anilines is 2. The summed E-state index contributed by atoms with van der Waals surface area (Å²) in [5.41, 5.74) is 7.40. The number of rotatable bonds is 12. The quantitative estimate of drug-likeness (QED) is 0.379. The van der Waals surface area contributed by atoms with Crippen LogP contribution in [0.4, 0.5) is 11.5 Å². The van der Waals surface area contributed by atoms with E-state index in [-0.39, 0.29) is 17.4 Å². The van der Waals surface area contributed by atoms with Crippen LogP contribution < -0.4 is 20.9 Å². The predicted molar refractivity (Wildman–Crippen MR) is 137 cm³/mol. The molecule has 0 saturated heterocycles. The first-order valence-electron chi connectivity index (χ1n) is 11.8. The third kappa shape index (κ3) is 7.26. The first kappa shape index (κ1) is 26.3. The highest BCUT2D eigenvalue weighted by molar-refractivity contribution is 5.63. The van der Waals surface area contributed by atoms with Gasteiger partial charge in [-0.05, 0) is 50.8 Å².